The van der Waals surface area contributed by atoms with Gasteiger partial charge in [0.2, 0.25) is 11.8 Å². The van der Waals surface area contributed by atoms with Gasteiger partial charge in [-0.2, -0.15) is 0 Å². The van der Waals surface area contributed by atoms with E-state index >= 15 is 0 Å². The molecule has 1 aromatic rings. The van der Waals surface area contributed by atoms with E-state index in [9.17, 15) is 14.0 Å². The second-order valence-corrected chi connectivity index (χ2v) is 3.94. The van der Waals surface area contributed by atoms with Crippen LogP contribution in [-0.4, -0.2) is 18.9 Å². The molecule has 0 fully saturated rings. The Morgan fingerprint density at radius 3 is 2.17 bits per heavy atom. The second-order valence-electron chi connectivity index (χ2n) is 3.94. The van der Waals surface area contributed by atoms with Gasteiger partial charge in [0.15, 0.2) is 0 Å². The molecule has 0 aliphatic heterocycles. The van der Waals surface area contributed by atoms with E-state index in [1.807, 2.05) is 0 Å². The maximum Gasteiger partial charge on any atom is 0.224 e. The molecular weight excluding hydrogens is 235 g/mol. The Labute approximate surface area is 106 Å². The fourth-order valence-electron chi connectivity index (χ4n) is 1.45. The number of carbonyl (C=O) groups excluding carboxylic acids is 2. The van der Waals surface area contributed by atoms with Crippen molar-refractivity contribution < 1.29 is 14.0 Å². The number of unbranched alkanes of at least 4 members (excludes halogenated alkanes) is 1. The number of benzene rings is 1. The van der Waals surface area contributed by atoms with E-state index in [4.69, 9.17) is 0 Å². The third-order valence-electron chi connectivity index (χ3n) is 2.46. The summed E-state index contributed by atoms with van der Waals surface area (Å²) in [4.78, 5) is 22.4. The number of hydrogen-bond acceptors (Lipinski definition) is 2. The Kier molecular flexibility index (Phi) is 5.84. The van der Waals surface area contributed by atoms with Crippen molar-refractivity contribution >= 4 is 17.5 Å². The molecule has 0 heterocycles. The van der Waals surface area contributed by atoms with E-state index in [2.05, 4.69) is 10.6 Å². The minimum atomic E-state index is -0.335. The van der Waals surface area contributed by atoms with Gasteiger partial charge in [0.25, 0.3) is 0 Å². The van der Waals surface area contributed by atoms with E-state index in [0.717, 1.165) is 0 Å². The Hall–Kier alpha value is -1.91. The molecule has 2 N–H and O–H groups in total. The molecule has 0 unspecified atom stereocenters. The van der Waals surface area contributed by atoms with Gasteiger partial charge < -0.3 is 10.6 Å². The quantitative estimate of drug-likeness (QED) is 0.761. The SMILES string of the molecule is CNC(=O)CCCCC(=O)Nc1ccc(F)cc1. The maximum absolute atomic E-state index is 12.6. The highest BCUT2D eigenvalue weighted by Crippen LogP contribution is 2.09. The van der Waals surface area contributed by atoms with Crippen LogP contribution in [-0.2, 0) is 9.59 Å². The summed E-state index contributed by atoms with van der Waals surface area (Å²) in [5.74, 6) is -0.481. The fourth-order valence-corrected chi connectivity index (χ4v) is 1.45. The van der Waals surface area contributed by atoms with Crippen molar-refractivity contribution in [3.63, 3.8) is 0 Å². The Balaban J connectivity index is 2.21. The molecule has 0 radical (unpaired) electrons. The predicted molar refractivity (Wildman–Crippen MR) is 67.6 cm³/mol. The molecule has 0 saturated carbocycles. The second kappa shape index (κ2) is 7.42. The van der Waals surface area contributed by atoms with Crippen LogP contribution < -0.4 is 10.6 Å². The first kappa shape index (κ1) is 14.2. The number of halogens is 1. The highest BCUT2D eigenvalue weighted by Gasteiger charge is 2.03. The Morgan fingerprint density at radius 2 is 1.61 bits per heavy atom. The van der Waals surface area contributed by atoms with Crippen molar-refractivity contribution in [3.05, 3.63) is 30.1 Å². The van der Waals surface area contributed by atoms with E-state index in [0.29, 0.717) is 31.4 Å². The van der Waals surface area contributed by atoms with E-state index in [1.165, 1.54) is 24.3 Å². The van der Waals surface area contributed by atoms with Crippen LogP contribution in [0.15, 0.2) is 24.3 Å². The highest BCUT2D eigenvalue weighted by atomic mass is 19.1. The van der Waals surface area contributed by atoms with E-state index in [1.54, 1.807) is 7.05 Å². The Bertz CT molecular complexity index is 404. The molecule has 0 saturated heterocycles. The largest absolute Gasteiger partial charge is 0.359 e. The number of hydrogen-bond donors (Lipinski definition) is 2. The average Bonchev–Trinajstić information content (AvgIpc) is 2.37. The zero-order valence-electron chi connectivity index (χ0n) is 10.3. The Morgan fingerprint density at radius 1 is 1.06 bits per heavy atom. The molecule has 5 heteroatoms. The molecular formula is C13H17FN2O2. The zero-order chi connectivity index (χ0) is 13.4. The number of amides is 2. The van der Waals surface area contributed by atoms with Gasteiger partial charge in [-0.15, -0.1) is 0 Å². The van der Waals surface area contributed by atoms with Crippen LogP contribution in [0.25, 0.3) is 0 Å². The number of rotatable bonds is 6. The van der Waals surface area contributed by atoms with Crippen molar-refractivity contribution in [1.29, 1.82) is 0 Å². The molecule has 1 aromatic carbocycles. The first-order chi connectivity index (χ1) is 8.61. The molecule has 0 aromatic heterocycles. The van der Waals surface area contributed by atoms with Gasteiger partial charge in [-0.1, -0.05) is 0 Å². The first-order valence-electron chi connectivity index (χ1n) is 5.88. The fraction of sp³-hybridized carbons (Fsp3) is 0.385. The molecule has 4 nitrogen and oxygen atoms in total. The van der Waals surface area contributed by atoms with E-state index in [-0.39, 0.29) is 17.6 Å². The lowest BCUT2D eigenvalue weighted by atomic mass is 10.2. The van der Waals surface area contributed by atoms with Gasteiger partial charge >= 0.3 is 0 Å². The van der Waals surface area contributed by atoms with Crippen molar-refractivity contribution in [2.24, 2.45) is 0 Å². The maximum atomic E-state index is 12.6. The summed E-state index contributed by atoms with van der Waals surface area (Å²) < 4.78 is 12.6. The number of anilines is 1. The van der Waals surface area contributed by atoms with Crippen molar-refractivity contribution in [3.8, 4) is 0 Å². The van der Waals surface area contributed by atoms with Gasteiger partial charge in [-0.05, 0) is 37.1 Å². The van der Waals surface area contributed by atoms with Crippen LogP contribution in [0.5, 0.6) is 0 Å². The van der Waals surface area contributed by atoms with Crippen LogP contribution in [0.4, 0.5) is 10.1 Å². The van der Waals surface area contributed by atoms with Gasteiger partial charge in [0, 0.05) is 25.6 Å². The monoisotopic (exact) mass is 252 g/mol. The lowest BCUT2D eigenvalue weighted by Crippen LogP contribution is -2.17. The molecule has 1 rings (SSSR count). The van der Waals surface area contributed by atoms with Gasteiger partial charge in [0.05, 0.1) is 0 Å². The lowest BCUT2D eigenvalue weighted by Gasteiger charge is -2.04. The minimum absolute atomic E-state index is 0.0195. The molecule has 0 aliphatic carbocycles. The predicted octanol–water partition coefficient (Wildman–Crippen LogP) is 2.07. The third-order valence-corrected chi connectivity index (χ3v) is 2.46. The van der Waals surface area contributed by atoms with Crippen molar-refractivity contribution in [1.82, 2.24) is 5.32 Å². The van der Waals surface area contributed by atoms with Crippen LogP contribution in [0.3, 0.4) is 0 Å². The normalized spacial score (nSPS) is 9.89. The minimum Gasteiger partial charge on any atom is -0.359 e. The highest BCUT2D eigenvalue weighted by molar-refractivity contribution is 5.90. The molecule has 18 heavy (non-hydrogen) atoms. The standard InChI is InChI=1S/C13H17FN2O2/c1-15-12(17)4-2-3-5-13(18)16-11-8-6-10(14)7-9-11/h6-9H,2-5H2,1H3,(H,15,17)(H,16,18). The van der Waals surface area contributed by atoms with Crippen LogP contribution in [0.1, 0.15) is 25.7 Å². The van der Waals surface area contributed by atoms with Crippen LogP contribution in [0, 0.1) is 5.82 Å². The molecule has 0 spiro atoms. The van der Waals surface area contributed by atoms with Gasteiger partial charge in [-0.3, -0.25) is 9.59 Å². The summed E-state index contributed by atoms with van der Waals surface area (Å²) in [6.45, 7) is 0. The van der Waals surface area contributed by atoms with Crippen molar-refractivity contribution in [2.75, 3.05) is 12.4 Å². The average molecular weight is 252 g/mol. The summed E-state index contributed by atoms with van der Waals surface area (Å²) in [5.41, 5.74) is 0.577. The summed E-state index contributed by atoms with van der Waals surface area (Å²) in [6.07, 6.45) is 2.12. The third kappa shape index (κ3) is 5.43. The summed E-state index contributed by atoms with van der Waals surface area (Å²) in [7, 11) is 1.59. The van der Waals surface area contributed by atoms with Crippen LogP contribution in [0.2, 0.25) is 0 Å². The van der Waals surface area contributed by atoms with Gasteiger partial charge in [-0.25, -0.2) is 4.39 Å². The zero-order valence-corrected chi connectivity index (χ0v) is 10.3. The smallest absolute Gasteiger partial charge is 0.224 e. The molecule has 0 atom stereocenters. The van der Waals surface area contributed by atoms with Crippen LogP contribution >= 0.6 is 0 Å². The number of nitrogens with one attached hydrogen (secondary N) is 2. The first-order valence-corrected chi connectivity index (χ1v) is 5.88. The van der Waals surface area contributed by atoms with Gasteiger partial charge in [0.1, 0.15) is 5.82 Å². The molecule has 2 amide bonds. The summed E-state index contributed by atoms with van der Waals surface area (Å²) >= 11 is 0. The molecule has 98 valence electrons. The summed E-state index contributed by atoms with van der Waals surface area (Å²) in [6, 6.07) is 5.61. The summed E-state index contributed by atoms with van der Waals surface area (Å²) in [5, 5.41) is 5.19. The topological polar surface area (TPSA) is 58.2 Å². The number of carbonyl (C=O) groups is 2. The van der Waals surface area contributed by atoms with Crippen molar-refractivity contribution in [2.45, 2.75) is 25.7 Å². The lowest BCUT2D eigenvalue weighted by molar-refractivity contribution is -0.121. The molecule has 0 bridgehead atoms. The molecule has 0 aliphatic rings. The van der Waals surface area contributed by atoms with E-state index < -0.39 is 0 Å².